The fourth-order valence-corrected chi connectivity index (χ4v) is 2.37. The third-order valence-corrected chi connectivity index (χ3v) is 3.43. The highest BCUT2D eigenvalue weighted by atomic mass is 32.2. The maximum atomic E-state index is 5.59. The Kier molecular flexibility index (Phi) is 3.58. The first kappa shape index (κ1) is 11.9. The Morgan fingerprint density at radius 3 is 2.59 bits per heavy atom. The molecule has 0 aliphatic rings. The van der Waals surface area contributed by atoms with Crippen LogP contribution in [0.4, 0.5) is 5.95 Å². The predicted octanol–water partition coefficient (Wildman–Crippen LogP) is 2.36. The van der Waals surface area contributed by atoms with Gasteiger partial charge in [0.2, 0.25) is 5.95 Å². The average molecular weight is 246 g/mol. The van der Waals surface area contributed by atoms with Gasteiger partial charge in [0.1, 0.15) is 11.6 Å². The Bertz CT molecular complexity index is 507. The number of nitrogen functional groups attached to an aromatic ring is 1. The Morgan fingerprint density at radius 1 is 1.12 bits per heavy atom. The molecule has 0 unspecified atom stereocenters. The van der Waals surface area contributed by atoms with Crippen molar-refractivity contribution in [3.63, 3.8) is 0 Å². The number of anilines is 1. The first-order chi connectivity index (χ1) is 8.15. The molecule has 2 aromatic rings. The van der Waals surface area contributed by atoms with Gasteiger partial charge in [0.15, 0.2) is 0 Å². The highest BCUT2D eigenvalue weighted by Crippen LogP contribution is 2.24. The largest absolute Gasteiger partial charge is 0.368 e. The second kappa shape index (κ2) is 5.14. The van der Waals surface area contributed by atoms with Gasteiger partial charge in [0, 0.05) is 4.90 Å². The number of benzene rings is 1. The number of hydrogen-bond donors (Lipinski definition) is 1. The Hall–Kier alpha value is -1.62. The molecule has 88 valence electrons. The lowest BCUT2D eigenvalue weighted by molar-refractivity contribution is 0.923. The molecule has 0 amide bonds. The lowest BCUT2D eigenvalue weighted by Crippen LogP contribution is -2.03. The van der Waals surface area contributed by atoms with Crippen LogP contribution < -0.4 is 5.73 Å². The highest BCUT2D eigenvalue weighted by molar-refractivity contribution is 7.98. The Labute approximate surface area is 105 Å². The van der Waals surface area contributed by atoms with Gasteiger partial charge in [-0.2, -0.15) is 9.97 Å². The number of rotatable bonds is 3. The quantitative estimate of drug-likeness (QED) is 0.842. The standard InChI is InChI=1S/C12H14N4S/c1-8-5-3-4-6-10(8)17-7-11-14-9(2)15-12(13)16-11/h3-6H,7H2,1-2H3,(H2,13,14,15,16). The molecule has 5 heteroatoms. The smallest absolute Gasteiger partial charge is 0.223 e. The number of aromatic nitrogens is 3. The minimum Gasteiger partial charge on any atom is -0.368 e. The fourth-order valence-electron chi connectivity index (χ4n) is 1.49. The van der Waals surface area contributed by atoms with Crippen molar-refractivity contribution in [1.29, 1.82) is 0 Å². The molecule has 0 radical (unpaired) electrons. The first-order valence-corrected chi connectivity index (χ1v) is 6.29. The van der Waals surface area contributed by atoms with Gasteiger partial charge < -0.3 is 5.73 Å². The maximum Gasteiger partial charge on any atom is 0.223 e. The van der Waals surface area contributed by atoms with Crippen molar-refractivity contribution in [2.45, 2.75) is 24.5 Å². The highest BCUT2D eigenvalue weighted by Gasteiger charge is 2.03. The van der Waals surface area contributed by atoms with Gasteiger partial charge in [-0.25, -0.2) is 4.98 Å². The number of hydrogen-bond acceptors (Lipinski definition) is 5. The van der Waals surface area contributed by atoms with Gasteiger partial charge in [-0.1, -0.05) is 18.2 Å². The van der Waals surface area contributed by atoms with E-state index in [-0.39, 0.29) is 5.95 Å². The number of nitrogens with two attached hydrogens (primary N) is 1. The molecule has 1 aromatic heterocycles. The zero-order valence-corrected chi connectivity index (χ0v) is 10.7. The third kappa shape index (κ3) is 3.17. The van der Waals surface area contributed by atoms with Crippen LogP contribution in [0.25, 0.3) is 0 Å². The molecule has 1 heterocycles. The van der Waals surface area contributed by atoms with Gasteiger partial charge in [-0.3, -0.25) is 0 Å². The summed E-state index contributed by atoms with van der Waals surface area (Å²) in [6.07, 6.45) is 0. The number of aryl methyl sites for hydroxylation is 2. The van der Waals surface area contributed by atoms with Crippen molar-refractivity contribution in [3.05, 3.63) is 41.5 Å². The van der Waals surface area contributed by atoms with Crippen LogP contribution in [0.5, 0.6) is 0 Å². The van der Waals surface area contributed by atoms with Crippen LogP contribution in [0.1, 0.15) is 17.2 Å². The first-order valence-electron chi connectivity index (χ1n) is 5.30. The van der Waals surface area contributed by atoms with E-state index in [1.807, 2.05) is 19.1 Å². The van der Waals surface area contributed by atoms with Gasteiger partial charge in [0.05, 0.1) is 5.75 Å². The molecule has 0 atom stereocenters. The van der Waals surface area contributed by atoms with E-state index in [2.05, 4.69) is 34.0 Å². The lowest BCUT2D eigenvalue weighted by atomic mass is 10.2. The molecule has 0 saturated heterocycles. The average Bonchev–Trinajstić information content (AvgIpc) is 2.27. The molecular formula is C12H14N4S. The molecule has 0 saturated carbocycles. The van der Waals surface area contributed by atoms with Crippen LogP contribution in [0.3, 0.4) is 0 Å². The van der Waals surface area contributed by atoms with Gasteiger partial charge >= 0.3 is 0 Å². The summed E-state index contributed by atoms with van der Waals surface area (Å²) in [6, 6.07) is 8.25. The van der Waals surface area contributed by atoms with E-state index in [9.17, 15) is 0 Å². The van der Waals surface area contributed by atoms with Crippen molar-refractivity contribution in [2.75, 3.05) is 5.73 Å². The number of thioether (sulfide) groups is 1. The van der Waals surface area contributed by atoms with E-state index in [4.69, 9.17) is 5.73 Å². The minimum absolute atomic E-state index is 0.290. The minimum atomic E-state index is 0.290. The molecule has 4 nitrogen and oxygen atoms in total. The molecule has 0 fully saturated rings. The summed E-state index contributed by atoms with van der Waals surface area (Å²) < 4.78 is 0. The Balaban J connectivity index is 2.10. The molecule has 17 heavy (non-hydrogen) atoms. The predicted molar refractivity (Wildman–Crippen MR) is 69.7 cm³/mol. The SMILES string of the molecule is Cc1nc(N)nc(CSc2ccccc2C)n1. The van der Waals surface area contributed by atoms with Crippen molar-refractivity contribution in [1.82, 2.24) is 15.0 Å². The van der Waals surface area contributed by atoms with Crippen molar-refractivity contribution in [3.8, 4) is 0 Å². The summed E-state index contributed by atoms with van der Waals surface area (Å²) in [5, 5.41) is 0. The van der Waals surface area contributed by atoms with Crippen molar-refractivity contribution in [2.24, 2.45) is 0 Å². The second-order valence-electron chi connectivity index (χ2n) is 3.71. The normalized spacial score (nSPS) is 10.5. The monoisotopic (exact) mass is 246 g/mol. The van der Waals surface area contributed by atoms with E-state index < -0.39 is 0 Å². The lowest BCUT2D eigenvalue weighted by Gasteiger charge is -2.05. The summed E-state index contributed by atoms with van der Waals surface area (Å²) >= 11 is 1.71. The van der Waals surface area contributed by atoms with Crippen molar-refractivity contribution < 1.29 is 0 Å². The molecular weight excluding hydrogens is 232 g/mol. The second-order valence-corrected chi connectivity index (χ2v) is 4.73. The number of nitrogens with zero attached hydrogens (tertiary/aromatic N) is 3. The van der Waals surface area contributed by atoms with Gasteiger partial charge in [0.25, 0.3) is 0 Å². The maximum absolute atomic E-state index is 5.59. The summed E-state index contributed by atoms with van der Waals surface area (Å²) in [5.41, 5.74) is 6.85. The van der Waals surface area contributed by atoms with Gasteiger partial charge in [-0.15, -0.1) is 11.8 Å². The zero-order chi connectivity index (χ0) is 12.3. The summed E-state index contributed by atoms with van der Waals surface area (Å²) in [5.74, 6) is 2.39. The van der Waals surface area contributed by atoms with E-state index in [0.29, 0.717) is 11.6 Å². The molecule has 2 rings (SSSR count). The van der Waals surface area contributed by atoms with Crippen molar-refractivity contribution >= 4 is 17.7 Å². The van der Waals surface area contributed by atoms with Crippen LogP contribution in [0.15, 0.2) is 29.2 Å². The fraction of sp³-hybridized carbons (Fsp3) is 0.250. The van der Waals surface area contributed by atoms with Crippen LogP contribution >= 0.6 is 11.8 Å². The topological polar surface area (TPSA) is 64.7 Å². The molecule has 0 bridgehead atoms. The van der Waals surface area contributed by atoms with Crippen LogP contribution in [0, 0.1) is 13.8 Å². The molecule has 1 aromatic carbocycles. The summed E-state index contributed by atoms with van der Waals surface area (Å²) in [4.78, 5) is 13.6. The van der Waals surface area contributed by atoms with E-state index in [0.717, 1.165) is 5.82 Å². The zero-order valence-electron chi connectivity index (χ0n) is 9.84. The van der Waals surface area contributed by atoms with E-state index >= 15 is 0 Å². The van der Waals surface area contributed by atoms with Gasteiger partial charge in [-0.05, 0) is 25.5 Å². The van der Waals surface area contributed by atoms with Crippen LogP contribution in [0.2, 0.25) is 0 Å². The van der Waals surface area contributed by atoms with E-state index in [1.165, 1.54) is 10.5 Å². The molecule has 0 aliphatic heterocycles. The van der Waals surface area contributed by atoms with Crippen LogP contribution in [-0.4, -0.2) is 15.0 Å². The molecule has 0 spiro atoms. The third-order valence-electron chi connectivity index (χ3n) is 2.26. The molecule has 2 N–H and O–H groups in total. The Morgan fingerprint density at radius 2 is 1.88 bits per heavy atom. The molecule has 0 aliphatic carbocycles. The van der Waals surface area contributed by atoms with E-state index in [1.54, 1.807) is 11.8 Å². The summed E-state index contributed by atoms with van der Waals surface area (Å²) in [7, 11) is 0. The summed E-state index contributed by atoms with van der Waals surface area (Å²) in [6.45, 7) is 3.91. The van der Waals surface area contributed by atoms with Crippen LogP contribution in [-0.2, 0) is 5.75 Å².